The Hall–Kier alpha value is -2.29. The summed E-state index contributed by atoms with van der Waals surface area (Å²) in [5, 5.41) is 7.88. The highest BCUT2D eigenvalue weighted by Crippen LogP contribution is 2.33. The zero-order chi connectivity index (χ0) is 20.0. The first-order chi connectivity index (χ1) is 14.0. The first-order valence-electron chi connectivity index (χ1n) is 10.5. The van der Waals surface area contributed by atoms with Gasteiger partial charge in [-0.3, -0.25) is 4.79 Å². The van der Waals surface area contributed by atoms with Gasteiger partial charge in [-0.2, -0.15) is 9.61 Å². The second-order valence-corrected chi connectivity index (χ2v) is 8.35. The van der Waals surface area contributed by atoms with Crippen LogP contribution in [0.3, 0.4) is 0 Å². The molecule has 0 radical (unpaired) electrons. The van der Waals surface area contributed by atoms with E-state index in [9.17, 15) is 13.6 Å². The molecule has 0 spiro atoms. The molecule has 3 aliphatic heterocycles. The van der Waals surface area contributed by atoms with Gasteiger partial charge in [-0.25, -0.2) is 13.8 Å². The van der Waals surface area contributed by atoms with E-state index in [0.29, 0.717) is 26.1 Å². The predicted octanol–water partition coefficient (Wildman–Crippen LogP) is 1.50. The molecule has 3 aliphatic rings. The molecule has 0 unspecified atom stereocenters. The number of nitrogens with zero attached hydrogens (tertiary/aromatic N) is 5. The maximum atomic E-state index is 13.6. The van der Waals surface area contributed by atoms with Gasteiger partial charge < -0.3 is 15.1 Å². The van der Waals surface area contributed by atoms with Gasteiger partial charge in [0.25, 0.3) is 0 Å². The van der Waals surface area contributed by atoms with Gasteiger partial charge in [-0.1, -0.05) is 0 Å². The Morgan fingerprint density at radius 3 is 2.86 bits per heavy atom. The first kappa shape index (κ1) is 18.7. The SMILES string of the molecule is O=C(C1CN(c2c3c(nc4ccnn24)CCNCC3)C1)N1CCCC(F)(F)CC1. The monoisotopic (exact) mass is 404 g/mol. The van der Waals surface area contributed by atoms with Crippen LogP contribution < -0.4 is 10.2 Å². The molecule has 0 bridgehead atoms. The molecule has 7 nitrogen and oxygen atoms in total. The van der Waals surface area contributed by atoms with E-state index in [1.807, 2.05) is 10.6 Å². The molecule has 2 aromatic rings. The van der Waals surface area contributed by atoms with Gasteiger partial charge in [0.2, 0.25) is 11.8 Å². The van der Waals surface area contributed by atoms with Gasteiger partial charge in [-0.05, 0) is 19.4 Å². The fraction of sp³-hybridized carbons (Fsp3) is 0.650. The van der Waals surface area contributed by atoms with Crippen molar-refractivity contribution in [2.45, 2.75) is 38.0 Å². The third-order valence-corrected chi connectivity index (χ3v) is 6.34. The maximum absolute atomic E-state index is 13.6. The molecule has 0 atom stereocenters. The van der Waals surface area contributed by atoms with Crippen LogP contribution in [-0.4, -0.2) is 70.6 Å². The molecule has 1 N–H and O–H groups in total. The average molecular weight is 404 g/mol. The summed E-state index contributed by atoms with van der Waals surface area (Å²) in [4.78, 5) is 21.5. The minimum atomic E-state index is -2.64. The average Bonchev–Trinajstić information content (AvgIpc) is 2.87. The van der Waals surface area contributed by atoms with Crippen LogP contribution in [0.5, 0.6) is 0 Å². The Kier molecular flexibility index (Phi) is 4.64. The number of rotatable bonds is 2. The molecule has 5 rings (SSSR count). The number of alkyl halides is 2. The molecule has 2 aromatic heterocycles. The summed E-state index contributed by atoms with van der Waals surface area (Å²) in [6, 6.07) is 1.90. The van der Waals surface area contributed by atoms with E-state index in [2.05, 4.69) is 15.3 Å². The summed E-state index contributed by atoms with van der Waals surface area (Å²) in [5.74, 6) is -1.74. The van der Waals surface area contributed by atoms with Crippen molar-refractivity contribution in [3.8, 4) is 0 Å². The smallest absolute Gasteiger partial charge is 0.249 e. The quantitative estimate of drug-likeness (QED) is 0.822. The normalized spacial score (nSPS) is 22.7. The molecule has 0 saturated carbocycles. The van der Waals surface area contributed by atoms with Crippen LogP contribution >= 0.6 is 0 Å². The predicted molar refractivity (Wildman–Crippen MR) is 104 cm³/mol. The lowest BCUT2D eigenvalue weighted by Gasteiger charge is -2.42. The van der Waals surface area contributed by atoms with Crippen LogP contribution in [0.2, 0.25) is 0 Å². The number of hydrogen-bond donors (Lipinski definition) is 1. The molecule has 5 heterocycles. The fourth-order valence-electron chi connectivity index (χ4n) is 4.69. The van der Waals surface area contributed by atoms with Crippen molar-refractivity contribution in [2.75, 3.05) is 44.2 Å². The Balaban J connectivity index is 1.34. The van der Waals surface area contributed by atoms with Crippen LogP contribution in [0.1, 0.15) is 30.5 Å². The molecular formula is C20H26F2N6O. The summed E-state index contributed by atoms with van der Waals surface area (Å²) < 4.78 is 29.1. The minimum Gasteiger partial charge on any atom is -0.354 e. The highest BCUT2D eigenvalue weighted by molar-refractivity contribution is 5.82. The van der Waals surface area contributed by atoms with Crippen LogP contribution in [0, 0.1) is 5.92 Å². The lowest BCUT2D eigenvalue weighted by Crippen LogP contribution is -2.55. The second kappa shape index (κ2) is 7.19. The van der Waals surface area contributed by atoms with Gasteiger partial charge in [-0.15, -0.1) is 0 Å². The number of likely N-dealkylation sites (tertiary alicyclic amines) is 1. The molecule has 0 aliphatic carbocycles. The number of halogens is 2. The van der Waals surface area contributed by atoms with E-state index in [1.54, 1.807) is 11.1 Å². The Morgan fingerprint density at radius 1 is 1.17 bits per heavy atom. The topological polar surface area (TPSA) is 65.8 Å². The highest BCUT2D eigenvalue weighted by atomic mass is 19.3. The number of anilines is 1. The molecule has 9 heteroatoms. The van der Waals surface area contributed by atoms with Crippen molar-refractivity contribution in [3.63, 3.8) is 0 Å². The summed E-state index contributed by atoms with van der Waals surface area (Å²) in [5.41, 5.74) is 3.12. The van der Waals surface area contributed by atoms with Crippen molar-refractivity contribution in [1.29, 1.82) is 0 Å². The second-order valence-electron chi connectivity index (χ2n) is 8.35. The molecule has 156 valence electrons. The van der Waals surface area contributed by atoms with E-state index < -0.39 is 5.92 Å². The van der Waals surface area contributed by atoms with Crippen LogP contribution in [-0.2, 0) is 17.6 Å². The summed E-state index contributed by atoms with van der Waals surface area (Å²) >= 11 is 0. The number of fused-ring (bicyclic) bond motifs is 2. The Bertz CT molecular complexity index is 923. The lowest BCUT2D eigenvalue weighted by molar-refractivity contribution is -0.136. The summed E-state index contributed by atoms with van der Waals surface area (Å²) in [6.07, 6.45) is 3.53. The van der Waals surface area contributed by atoms with Gasteiger partial charge in [0.1, 0.15) is 5.82 Å². The molecule has 2 saturated heterocycles. The summed E-state index contributed by atoms with van der Waals surface area (Å²) in [7, 11) is 0. The summed E-state index contributed by atoms with van der Waals surface area (Å²) in [6.45, 7) is 3.60. The number of aromatic nitrogens is 3. The fourth-order valence-corrected chi connectivity index (χ4v) is 4.69. The Labute approximate surface area is 168 Å². The van der Waals surface area contributed by atoms with E-state index in [4.69, 9.17) is 4.98 Å². The molecular weight excluding hydrogens is 378 g/mol. The van der Waals surface area contributed by atoms with Crippen molar-refractivity contribution in [3.05, 3.63) is 23.5 Å². The largest absolute Gasteiger partial charge is 0.354 e. The maximum Gasteiger partial charge on any atom is 0.249 e. The lowest BCUT2D eigenvalue weighted by atomic mass is 9.96. The van der Waals surface area contributed by atoms with Gasteiger partial charge in [0.05, 0.1) is 17.8 Å². The number of carbonyl (C=O) groups is 1. The third-order valence-electron chi connectivity index (χ3n) is 6.34. The first-order valence-corrected chi connectivity index (χ1v) is 10.5. The van der Waals surface area contributed by atoms with E-state index in [-0.39, 0.29) is 31.2 Å². The van der Waals surface area contributed by atoms with E-state index >= 15 is 0 Å². The van der Waals surface area contributed by atoms with Crippen molar-refractivity contribution in [2.24, 2.45) is 5.92 Å². The Morgan fingerprint density at radius 2 is 2.00 bits per heavy atom. The molecule has 29 heavy (non-hydrogen) atoms. The molecule has 2 fully saturated rings. The van der Waals surface area contributed by atoms with Gasteiger partial charge >= 0.3 is 0 Å². The van der Waals surface area contributed by atoms with Gasteiger partial charge in [0, 0.05) is 63.6 Å². The third kappa shape index (κ3) is 3.45. The number of carbonyl (C=O) groups excluding carboxylic acids is 1. The van der Waals surface area contributed by atoms with E-state index in [1.165, 1.54) is 5.56 Å². The standard InChI is InChI=1S/C20H26F2N6O/c21-20(22)5-1-10-26(11-6-20)19(29)14-12-27(13-14)18-15-2-7-23-8-3-16(15)25-17-4-9-24-28(17)18/h4,9,14,23H,1-3,5-8,10-13H2. The zero-order valence-corrected chi connectivity index (χ0v) is 16.4. The number of nitrogens with one attached hydrogen (secondary N) is 1. The van der Waals surface area contributed by atoms with Crippen LogP contribution in [0.4, 0.5) is 14.6 Å². The molecule has 1 amide bonds. The van der Waals surface area contributed by atoms with Crippen LogP contribution in [0.15, 0.2) is 12.3 Å². The van der Waals surface area contributed by atoms with Gasteiger partial charge in [0.15, 0.2) is 5.65 Å². The zero-order valence-electron chi connectivity index (χ0n) is 16.4. The number of hydrogen-bond acceptors (Lipinski definition) is 5. The van der Waals surface area contributed by atoms with Crippen molar-refractivity contribution in [1.82, 2.24) is 24.8 Å². The number of amides is 1. The van der Waals surface area contributed by atoms with Crippen LogP contribution in [0.25, 0.3) is 5.65 Å². The highest BCUT2D eigenvalue weighted by Gasteiger charge is 2.40. The van der Waals surface area contributed by atoms with Crippen molar-refractivity contribution >= 4 is 17.4 Å². The molecule has 0 aromatic carbocycles. The minimum absolute atomic E-state index is 0.0115. The van der Waals surface area contributed by atoms with E-state index in [0.717, 1.165) is 43.1 Å². The van der Waals surface area contributed by atoms with Crippen molar-refractivity contribution < 1.29 is 13.6 Å².